The highest BCUT2D eigenvalue weighted by molar-refractivity contribution is 5.74. The van der Waals surface area contributed by atoms with Gasteiger partial charge in [0.15, 0.2) is 0 Å². The molecular formula is C13H22O3. The molecule has 0 aromatic carbocycles. The maximum atomic E-state index is 11.9. The minimum Gasteiger partial charge on any atom is -0.466 e. The number of esters is 1. The van der Waals surface area contributed by atoms with Crippen LogP contribution in [0.5, 0.6) is 0 Å². The normalized spacial score (nSPS) is 17.9. The Morgan fingerprint density at radius 2 is 2.12 bits per heavy atom. The van der Waals surface area contributed by atoms with E-state index in [4.69, 9.17) is 4.74 Å². The molecule has 0 unspecified atom stereocenters. The number of rotatable bonds is 7. The Bertz CT molecular complexity index is 254. The van der Waals surface area contributed by atoms with Gasteiger partial charge in [0.25, 0.3) is 0 Å². The van der Waals surface area contributed by atoms with Gasteiger partial charge in [-0.15, -0.1) is 0 Å². The van der Waals surface area contributed by atoms with Crippen molar-refractivity contribution in [3.63, 3.8) is 0 Å². The Balaban J connectivity index is 2.68. The summed E-state index contributed by atoms with van der Waals surface area (Å²) in [7, 11) is 0. The van der Waals surface area contributed by atoms with Gasteiger partial charge in [-0.1, -0.05) is 13.8 Å². The summed E-state index contributed by atoms with van der Waals surface area (Å²) in [4.78, 5) is 22.3. The Morgan fingerprint density at radius 1 is 1.50 bits per heavy atom. The third kappa shape index (κ3) is 3.06. The van der Waals surface area contributed by atoms with E-state index >= 15 is 0 Å². The van der Waals surface area contributed by atoms with Crippen LogP contribution < -0.4 is 0 Å². The summed E-state index contributed by atoms with van der Waals surface area (Å²) in [5, 5.41) is 0. The first kappa shape index (κ1) is 13.2. The zero-order valence-electron chi connectivity index (χ0n) is 10.5. The summed E-state index contributed by atoms with van der Waals surface area (Å²) < 4.78 is 5.11. The molecule has 1 rings (SSSR count). The van der Waals surface area contributed by atoms with Crippen LogP contribution in [0.2, 0.25) is 0 Å². The molecule has 0 radical (unpaired) electrons. The highest BCUT2D eigenvalue weighted by Crippen LogP contribution is 2.51. The first-order valence-corrected chi connectivity index (χ1v) is 6.14. The molecule has 0 bridgehead atoms. The molecule has 0 N–H and O–H groups in total. The van der Waals surface area contributed by atoms with E-state index in [2.05, 4.69) is 13.8 Å². The number of hydrogen-bond donors (Lipinski definition) is 0. The third-order valence-electron chi connectivity index (χ3n) is 3.67. The van der Waals surface area contributed by atoms with Crippen molar-refractivity contribution in [2.45, 2.75) is 46.5 Å². The zero-order chi connectivity index (χ0) is 12.2. The van der Waals surface area contributed by atoms with Gasteiger partial charge in [0, 0.05) is 6.42 Å². The lowest BCUT2D eigenvalue weighted by atomic mass is 9.72. The van der Waals surface area contributed by atoms with E-state index in [1.54, 1.807) is 0 Å². The standard InChI is InChI=1S/C13H22O3/c1-4-16-12(15)11(6-5-9-14)13(2,3)10-7-8-10/h9-11H,4-8H2,1-3H3/t11-/m1/s1. The molecule has 0 amide bonds. The monoisotopic (exact) mass is 226 g/mol. The maximum absolute atomic E-state index is 11.9. The second-order valence-electron chi connectivity index (χ2n) is 5.14. The minimum atomic E-state index is -0.138. The van der Waals surface area contributed by atoms with E-state index in [0.29, 0.717) is 25.4 Å². The SMILES string of the molecule is CCOC(=O)[C@@H](CCC=O)C(C)(C)C1CC1. The second kappa shape index (κ2) is 5.46. The van der Waals surface area contributed by atoms with Crippen molar-refractivity contribution in [3.05, 3.63) is 0 Å². The quantitative estimate of drug-likeness (QED) is 0.495. The van der Waals surface area contributed by atoms with Crippen LogP contribution in [0, 0.1) is 17.3 Å². The van der Waals surface area contributed by atoms with Crippen LogP contribution in [0.25, 0.3) is 0 Å². The fraction of sp³-hybridized carbons (Fsp3) is 0.846. The van der Waals surface area contributed by atoms with E-state index < -0.39 is 0 Å². The first-order chi connectivity index (χ1) is 7.54. The molecule has 0 aliphatic heterocycles. The summed E-state index contributed by atoms with van der Waals surface area (Å²) in [5.74, 6) is 0.347. The van der Waals surface area contributed by atoms with E-state index in [-0.39, 0.29) is 17.3 Å². The predicted octanol–water partition coefficient (Wildman–Crippen LogP) is 2.58. The molecular weight excluding hydrogens is 204 g/mol. The highest BCUT2D eigenvalue weighted by atomic mass is 16.5. The Hall–Kier alpha value is -0.860. The average molecular weight is 226 g/mol. The Kier molecular flexibility index (Phi) is 4.51. The summed E-state index contributed by atoms with van der Waals surface area (Å²) in [5.41, 5.74) is -0.0325. The van der Waals surface area contributed by atoms with Crippen molar-refractivity contribution in [2.75, 3.05) is 6.61 Å². The van der Waals surface area contributed by atoms with Crippen LogP contribution >= 0.6 is 0 Å². The molecule has 1 aliphatic rings. The minimum absolute atomic E-state index is 0.0325. The number of carbonyl (C=O) groups excluding carboxylic acids is 2. The molecule has 3 nitrogen and oxygen atoms in total. The van der Waals surface area contributed by atoms with Crippen LogP contribution in [-0.2, 0) is 14.3 Å². The van der Waals surface area contributed by atoms with Crippen LogP contribution in [0.1, 0.15) is 46.5 Å². The van der Waals surface area contributed by atoms with E-state index in [0.717, 1.165) is 6.29 Å². The van der Waals surface area contributed by atoms with Gasteiger partial charge < -0.3 is 9.53 Å². The smallest absolute Gasteiger partial charge is 0.309 e. The largest absolute Gasteiger partial charge is 0.466 e. The summed E-state index contributed by atoms with van der Waals surface area (Å²) in [6.07, 6.45) is 4.34. The lowest BCUT2D eigenvalue weighted by Gasteiger charge is -2.32. The average Bonchev–Trinajstić information content (AvgIpc) is 3.01. The van der Waals surface area contributed by atoms with Gasteiger partial charge in [-0.05, 0) is 37.5 Å². The fourth-order valence-corrected chi connectivity index (χ4v) is 2.38. The fourth-order valence-electron chi connectivity index (χ4n) is 2.38. The molecule has 1 aliphatic carbocycles. The summed E-state index contributed by atoms with van der Waals surface area (Å²) in [6.45, 7) is 6.48. The Labute approximate surface area is 97.5 Å². The maximum Gasteiger partial charge on any atom is 0.309 e. The van der Waals surface area contributed by atoms with Crippen LogP contribution in [0.4, 0.5) is 0 Å². The molecule has 1 atom stereocenters. The van der Waals surface area contributed by atoms with E-state index in [1.165, 1.54) is 12.8 Å². The molecule has 1 saturated carbocycles. The zero-order valence-corrected chi connectivity index (χ0v) is 10.5. The number of ether oxygens (including phenoxy) is 1. The molecule has 1 fully saturated rings. The van der Waals surface area contributed by atoms with E-state index in [9.17, 15) is 9.59 Å². The summed E-state index contributed by atoms with van der Waals surface area (Å²) >= 11 is 0. The van der Waals surface area contributed by atoms with Crippen LogP contribution in [0.3, 0.4) is 0 Å². The lowest BCUT2D eigenvalue weighted by Crippen LogP contribution is -2.34. The number of carbonyl (C=O) groups is 2. The van der Waals surface area contributed by atoms with Crippen molar-refractivity contribution < 1.29 is 14.3 Å². The second-order valence-corrected chi connectivity index (χ2v) is 5.14. The number of hydrogen-bond acceptors (Lipinski definition) is 3. The van der Waals surface area contributed by atoms with Crippen LogP contribution in [-0.4, -0.2) is 18.9 Å². The highest BCUT2D eigenvalue weighted by Gasteiger charge is 2.46. The predicted molar refractivity (Wildman–Crippen MR) is 61.9 cm³/mol. The topological polar surface area (TPSA) is 43.4 Å². The van der Waals surface area contributed by atoms with Crippen molar-refractivity contribution in [1.29, 1.82) is 0 Å². The van der Waals surface area contributed by atoms with Crippen molar-refractivity contribution in [2.24, 2.45) is 17.3 Å². The Morgan fingerprint density at radius 3 is 2.56 bits per heavy atom. The number of aldehydes is 1. The van der Waals surface area contributed by atoms with E-state index in [1.807, 2.05) is 6.92 Å². The molecule has 0 aromatic rings. The van der Waals surface area contributed by atoms with Gasteiger partial charge in [0.1, 0.15) is 6.29 Å². The van der Waals surface area contributed by atoms with Gasteiger partial charge in [0.2, 0.25) is 0 Å². The van der Waals surface area contributed by atoms with Gasteiger partial charge in [-0.25, -0.2) is 0 Å². The van der Waals surface area contributed by atoms with Gasteiger partial charge in [-0.3, -0.25) is 4.79 Å². The van der Waals surface area contributed by atoms with Crippen molar-refractivity contribution in [3.8, 4) is 0 Å². The summed E-state index contributed by atoms with van der Waals surface area (Å²) in [6, 6.07) is 0. The molecule has 0 spiro atoms. The molecule has 16 heavy (non-hydrogen) atoms. The van der Waals surface area contributed by atoms with Gasteiger partial charge in [0.05, 0.1) is 12.5 Å². The first-order valence-electron chi connectivity index (χ1n) is 6.14. The third-order valence-corrected chi connectivity index (χ3v) is 3.67. The molecule has 92 valence electrons. The molecule has 0 heterocycles. The molecule has 0 aromatic heterocycles. The van der Waals surface area contributed by atoms with Crippen molar-refractivity contribution in [1.82, 2.24) is 0 Å². The van der Waals surface area contributed by atoms with Crippen molar-refractivity contribution >= 4 is 12.3 Å². The van der Waals surface area contributed by atoms with Gasteiger partial charge in [-0.2, -0.15) is 0 Å². The van der Waals surface area contributed by atoms with Gasteiger partial charge >= 0.3 is 5.97 Å². The van der Waals surface area contributed by atoms with Crippen LogP contribution in [0.15, 0.2) is 0 Å². The molecule has 0 saturated heterocycles. The molecule has 3 heteroatoms. The lowest BCUT2D eigenvalue weighted by molar-refractivity contribution is -0.153.